The normalized spacial score (nSPS) is 19.3. The summed E-state index contributed by atoms with van der Waals surface area (Å²) in [5.74, 6) is -0.672. The molecule has 0 aliphatic carbocycles. The fourth-order valence-corrected chi connectivity index (χ4v) is 5.06. The van der Waals surface area contributed by atoms with E-state index in [4.69, 9.17) is 9.47 Å². The molecule has 3 fully saturated rings. The van der Waals surface area contributed by atoms with Gasteiger partial charge in [-0.25, -0.2) is 4.39 Å². The summed E-state index contributed by atoms with van der Waals surface area (Å²) in [7, 11) is 0. The maximum Gasteiger partial charge on any atom is 0.253 e. The minimum absolute atomic E-state index is 0.0162. The van der Waals surface area contributed by atoms with Crippen LogP contribution in [0.5, 0.6) is 0 Å². The fourth-order valence-electron chi connectivity index (χ4n) is 5.06. The number of morpholine rings is 2. The standard InChI is InChI=1S/C27H33FN4O4/c28-22-3-1-21(2-4-22)27(34)32-9-7-20(8-10-32)26(33)29-24-6-5-23(30-11-15-35-16-12-30)19-25(24)31-13-17-36-18-14-31/h1-6,19-20H,7-18H2,(H,29,33). The third-order valence-corrected chi connectivity index (χ3v) is 7.21. The van der Waals surface area contributed by atoms with Crippen molar-refractivity contribution in [2.75, 3.05) is 80.8 Å². The van der Waals surface area contributed by atoms with E-state index in [9.17, 15) is 14.0 Å². The minimum atomic E-state index is -0.364. The van der Waals surface area contributed by atoms with Gasteiger partial charge in [0.15, 0.2) is 0 Å². The van der Waals surface area contributed by atoms with Gasteiger partial charge in [0.2, 0.25) is 5.91 Å². The lowest BCUT2D eigenvalue weighted by Gasteiger charge is -2.34. The number of nitrogens with one attached hydrogen (secondary N) is 1. The number of carbonyl (C=O) groups is 2. The molecular formula is C27H33FN4O4. The number of hydrogen-bond acceptors (Lipinski definition) is 6. The first-order chi connectivity index (χ1) is 17.6. The number of nitrogens with zero attached hydrogens (tertiary/aromatic N) is 3. The van der Waals surface area contributed by atoms with Crippen LogP contribution in [0, 0.1) is 11.7 Å². The summed E-state index contributed by atoms with van der Waals surface area (Å²) in [6.45, 7) is 7.01. The number of ether oxygens (including phenoxy) is 2. The van der Waals surface area contributed by atoms with E-state index in [0.29, 0.717) is 57.9 Å². The number of hydrogen-bond donors (Lipinski definition) is 1. The molecule has 0 saturated carbocycles. The predicted molar refractivity (Wildman–Crippen MR) is 136 cm³/mol. The van der Waals surface area contributed by atoms with Gasteiger partial charge in [0.1, 0.15) is 5.82 Å². The van der Waals surface area contributed by atoms with Crippen molar-refractivity contribution in [2.24, 2.45) is 5.92 Å². The fraction of sp³-hybridized carbons (Fsp3) is 0.481. The van der Waals surface area contributed by atoms with Crippen LogP contribution >= 0.6 is 0 Å². The summed E-state index contributed by atoms with van der Waals surface area (Å²) in [6.07, 6.45) is 1.19. The van der Waals surface area contributed by atoms with Gasteiger partial charge in [0.05, 0.1) is 37.8 Å². The highest BCUT2D eigenvalue weighted by Gasteiger charge is 2.29. The Kier molecular flexibility index (Phi) is 7.67. The number of rotatable bonds is 5. The molecule has 5 rings (SSSR count). The molecule has 3 aliphatic heterocycles. The maximum absolute atomic E-state index is 13.2. The molecule has 9 heteroatoms. The van der Waals surface area contributed by atoms with Crippen LogP contribution in [0.2, 0.25) is 0 Å². The summed E-state index contributed by atoms with van der Waals surface area (Å²) in [5.41, 5.74) is 3.42. The van der Waals surface area contributed by atoms with Crippen molar-refractivity contribution in [3.8, 4) is 0 Å². The Morgan fingerprint density at radius 3 is 2.06 bits per heavy atom. The van der Waals surface area contributed by atoms with Crippen molar-refractivity contribution in [3.05, 3.63) is 53.8 Å². The molecule has 2 aromatic carbocycles. The summed E-state index contributed by atoms with van der Waals surface area (Å²) in [6, 6.07) is 11.8. The lowest BCUT2D eigenvalue weighted by Crippen LogP contribution is -2.42. The Bertz CT molecular complexity index is 1060. The molecule has 3 aliphatic rings. The summed E-state index contributed by atoms with van der Waals surface area (Å²) >= 11 is 0. The Hall–Kier alpha value is -3.17. The lowest BCUT2D eigenvalue weighted by molar-refractivity contribution is -0.121. The van der Waals surface area contributed by atoms with E-state index in [1.54, 1.807) is 4.90 Å². The number of piperidine rings is 1. The molecule has 0 unspecified atom stereocenters. The molecule has 1 N–H and O–H groups in total. The molecule has 0 radical (unpaired) electrons. The second-order valence-electron chi connectivity index (χ2n) is 9.46. The number of likely N-dealkylation sites (tertiary alicyclic amines) is 1. The third kappa shape index (κ3) is 5.63. The molecular weight excluding hydrogens is 463 g/mol. The summed E-state index contributed by atoms with van der Waals surface area (Å²) in [5, 5.41) is 3.18. The van der Waals surface area contributed by atoms with E-state index >= 15 is 0 Å². The number of anilines is 3. The number of halogens is 1. The highest BCUT2D eigenvalue weighted by molar-refractivity contribution is 5.97. The third-order valence-electron chi connectivity index (χ3n) is 7.21. The number of amides is 2. The molecule has 3 saturated heterocycles. The van der Waals surface area contributed by atoms with E-state index in [1.165, 1.54) is 24.3 Å². The summed E-state index contributed by atoms with van der Waals surface area (Å²) < 4.78 is 24.2. The van der Waals surface area contributed by atoms with Crippen LogP contribution in [-0.2, 0) is 14.3 Å². The average molecular weight is 497 g/mol. The molecule has 0 atom stereocenters. The Morgan fingerprint density at radius 1 is 0.806 bits per heavy atom. The quantitative estimate of drug-likeness (QED) is 0.686. The SMILES string of the molecule is O=C(Nc1ccc(N2CCOCC2)cc1N1CCOCC1)C1CCN(C(=O)c2ccc(F)cc2)CC1. The van der Waals surface area contributed by atoms with Crippen molar-refractivity contribution in [1.82, 2.24) is 4.90 Å². The zero-order valence-corrected chi connectivity index (χ0v) is 20.5. The first kappa shape index (κ1) is 24.5. The monoisotopic (exact) mass is 496 g/mol. The topological polar surface area (TPSA) is 74.4 Å². The first-order valence-electron chi connectivity index (χ1n) is 12.7. The second kappa shape index (κ2) is 11.3. The molecule has 0 spiro atoms. The van der Waals surface area contributed by atoms with E-state index < -0.39 is 0 Å². The van der Waals surface area contributed by atoms with Crippen molar-refractivity contribution < 1.29 is 23.5 Å². The minimum Gasteiger partial charge on any atom is -0.378 e. The van der Waals surface area contributed by atoms with Crippen molar-refractivity contribution in [1.29, 1.82) is 0 Å². The summed E-state index contributed by atoms with van der Waals surface area (Å²) in [4.78, 5) is 32.3. The van der Waals surface area contributed by atoms with Crippen molar-refractivity contribution in [2.45, 2.75) is 12.8 Å². The van der Waals surface area contributed by atoms with Crippen LogP contribution in [0.1, 0.15) is 23.2 Å². The van der Waals surface area contributed by atoms with Gasteiger partial charge in [-0.05, 0) is 55.3 Å². The maximum atomic E-state index is 13.2. The van der Waals surface area contributed by atoms with Crippen LogP contribution in [0.4, 0.5) is 21.5 Å². The largest absolute Gasteiger partial charge is 0.378 e. The van der Waals surface area contributed by atoms with Crippen LogP contribution in [0.25, 0.3) is 0 Å². The van der Waals surface area contributed by atoms with E-state index in [0.717, 1.165) is 43.2 Å². The van der Waals surface area contributed by atoms with Crippen molar-refractivity contribution >= 4 is 28.9 Å². The van der Waals surface area contributed by atoms with Gasteiger partial charge in [0.25, 0.3) is 5.91 Å². The Labute approximate surface area is 210 Å². The van der Waals surface area contributed by atoms with Gasteiger partial charge in [-0.3, -0.25) is 9.59 Å². The molecule has 3 heterocycles. The smallest absolute Gasteiger partial charge is 0.253 e. The Balaban J connectivity index is 1.24. The predicted octanol–water partition coefficient (Wildman–Crippen LogP) is 2.99. The van der Waals surface area contributed by atoms with Crippen LogP contribution < -0.4 is 15.1 Å². The van der Waals surface area contributed by atoms with Gasteiger partial charge in [-0.1, -0.05) is 0 Å². The highest BCUT2D eigenvalue weighted by Crippen LogP contribution is 2.33. The zero-order chi connectivity index (χ0) is 24.9. The number of benzene rings is 2. The second-order valence-corrected chi connectivity index (χ2v) is 9.46. The molecule has 192 valence electrons. The highest BCUT2D eigenvalue weighted by atomic mass is 19.1. The molecule has 0 bridgehead atoms. The molecule has 0 aromatic heterocycles. The van der Waals surface area contributed by atoms with Gasteiger partial charge in [-0.2, -0.15) is 0 Å². The van der Waals surface area contributed by atoms with Gasteiger partial charge >= 0.3 is 0 Å². The lowest BCUT2D eigenvalue weighted by atomic mass is 9.95. The molecule has 36 heavy (non-hydrogen) atoms. The van der Waals surface area contributed by atoms with Crippen LogP contribution in [0.15, 0.2) is 42.5 Å². The van der Waals surface area contributed by atoms with Gasteiger partial charge < -0.3 is 29.5 Å². The van der Waals surface area contributed by atoms with E-state index in [1.807, 2.05) is 6.07 Å². The van der Waals surface area contributed by atoms with Gasteiger partial charge in [0, 0.05) is 56.4 Å². The molecule has 2 aromatic rings. The Morgan fingerprint density at radius 2 is 1.42 bits per heavy atom. The van der Waals surface area contributed by atoms with Crippen molar-refractivity contribution in [3.63, 3.8) is 0 Å². The van der Waals surface area contributed by atoms with Crippen LogP contribution in [-0.4, -0.2) is 82.4 Å². The zero-order valence-electron chi connectivity index (χ0n) is 20.5. The molecule has 8 nitrogen and oxygen atoms in total. The van der Waals surface area contributed by atoms with Gasteiger partial charge in [-0.15, -0.1) is 0 Å². The van der Waals surface area contributed by atoms with Crippen LogP contribution in [0.3, 0.4) is 0 Å². The van der Waals surface area contributed by atoms with E-state index in [-0.39, 0.29) is 23.5 Å². The first-order valence-corrected chi connectivity index (χ1v) is 12.7. The molecule has 2 amide bonds. The number of carbonyl (C=O) groups excluding carboxylic acids is 2. The van der Waals surface area contributed by atoms with E-state index in [2.05, 4.69) is 27.2 Å². The average Bonchev–Trinajstić information content (AvgIpc) is 2.94.